The molecule has 14 heavy (non-hydrogen) atoms. The Morgan fingerprint density at radius 1 is 1.57 bits per heavy atom. The van der Waals surface area contributed by atoms with E-state index in [9.17, 15) is 4.79 Å². The number of hydrogen-bond donors (Lipinski definition) is 1. The fourth-order valence-electron chi connectivity index (χ4n) is 1.16. The van der Waals surface area contributed by atoms with Crippen molar-refractivity contribution in [3.05, 3.63) is 21.9 Å². The van der Waals surface area contributed by atoms with Crippen LogP contribution in [-0.2, 0) is 0 Å². The van der Waals surface area contributed by atoms with Gasteiger partial charge in [-0.15, -0.1) is 11.3 Å². The van der Waals surface area contributed by atoms with E-state index in [2.05, 4.69) is 19.2 Å². The molecule has 0 fully saturated rings. The predicted octanol–water partition coefficient (Wildman–Crippen LogP) is 2.83. The number of aryl methyl sites for hydroxylation is 1. The maximum atomic E-state index is 11.6. The van der Waals surface area contributed by atoms with Crippen molar-refractivity contribution in [2.45, 2.75) is 27.2 Å². The van der Waals surface area contributed by atoms with E-state index >= 15 is 0 Å². The van der Waals surface area contributed by atoms with Crippen LogP contribution in [-0.4, -0.2) is 12.5 Å². The molecular formula is C11H17NOS. The fraction of sp³-hybridized carbons (Fsp3) is 0.545. The third-order valence-corrected chi connectivity index (χ3v) is 3.09. The van der Waals surface area contributed by atoms with Crippen molar-refractivity contribution in [2.75, 3.05) is 6.54 Å². The highest BCUT2D eigenvalue weighted by atomic mass is 32.1. The van der Waals surface area contributed by atoms with Crippen LogP contribution in [0.15, 0.2) is 11.4 Å². The van der Waals surface area contributed by atoms with Crippen LogP contribution in [0.25, 0.3) is 0 Å². The van der Waals surface area contributed by atoms with Gasteiger partial charge in [0, 0.05) is 6.54 Å². The number of carbonyl (C=O) groups excluding carboxylic acids is 1. The first kappa shape index (κ1) is 11.2. The number of amides is 1. The quantitative estimate of drug-likeness (QED) is 0.815. The molecule has 0 atom stereocenters. The molecular weight excluding hydrogens is 194 g/mol. The number of hydrogen-bond acceptors (Lipinski definition) is 2. The van der Waals surface area contributed by atoms with Crippen LogP contribution in [0.2, 0.25) is 0 Å². The highest BCUT2D eigenvalue weighted by Gasteiger charge is 2.09. The minimum Gasteiger partial charge on any atom is -0.351 e. The van der Waals surface area contributed by atoms with Crippen molar-refractivity contribution in [3.8, 4) is 0 Å². The Bertz CT molecular complexity index is 304. The smallest absolute Gasteiger partial charge is 0.261 e. The molecule has 0 saturated heterocycles. The summed E-state index contributed by atoms with van der Waals surface area (Å²) in [7, 11) is 0. The largest absolute Gasteiger partial charge is 0.351 e. The maximum Gasteiger partial charge on any atom is 0.261 e. The minimum absolute atomic E-state index is 0.0677. The second-order valence-electron chi connectivity index (χ2n) is 3.87. The van der Waals surface area contributed by atoms with Gasteiger partial charge in [-0.05, 0) is 36.3 Å². The standard InChI is InChI=1S/C11H17NOS/c1-8(2)4-6-12-11(13)10-9(3)5-7-14-10/h5,7-8H,4,6H2,1-3H3,(H,12,13). The van der Waals surface area contributed by atoms with Crippen molar-refractivity contribution in [1.29, 1.82) is 0 Å². The molecule has 0 aromatic carbocycles. The number of rotatable bonds is 4. The predicted molar refractivity (Wildman–Crippen MR) is 60.8 cm³/mol. The van der Waals surface area contributed by atoms with Gasteiger partial charge in [0.25, 0.3) is 5.91 Å². The van der Waals surface area contributed by atoms with Crippen LogP contribution in [0.3, 0.4) is 0 Å². The molecule has 1 rings (SSSR count). The van der Waals surface area contributed by atoms with E-state index < -0.39 is 0 Å². The zero-order valence-corrected chi connectivity index (χ0v) is 9.78. The van der Waals surface area contributed by atoms with E-state index in [-0.39, 0.29) is 5.91 Å². The van der Waals surface area contributed by atoms with Crippen molar-refractivity contribution < 1.29 is 4.79 Å². The molecule has 0 saturated carbocycles. The summed E-state index contributed by atoms with van der Waals surface area (Å²) >= 11 is 1.50. The third-order valence-electron chi connectivity index (χ3n) is 2.08. The molecule has 3 heteroatoms. The van der Waals surface area contributed by atoms with Crippen LogP contribution in [0.1, 0.15) is 35.5 Å². The summed E-state index contributed by atoms with van der Waals surface area (Å²) in [5.74, 6) is 0.706. The normalized spacial score (nSPS) is 10.6. The van der Waals surface area contributed by atoms with Crippen LogP contribution < -0.4 is 5.32 Å². The van der Waals surface area contributed by atoms with E-state index in [0.29, 0.717) is 5.92 Å². The molecule has 1 heterocycles. The number of carbonyl (C=O) groups is 1. The van der Waals surface area contributed by atoms with Gasteiger partial charge in [-0.2, -0.15) is 0 Å². The van der Waals surface area contributed by atoms with Gasteiger partial charge in [0.1, 0.15) is 0 Å². The molecule has 0 spiro atoms. The lowest BCUT2D eigenvalue weighted by Crippen LogP contribution is -2.24. The molecule has 0 aliphatic carbocycles. The van der Waals surface area contributed by atoms with E-state index in [0.717, 1.165) is 23.4 Å². The third kappa shape index (κ3) is 3.14. The molecule has 0 aliphatic rings. The van der Waals surface area contributed by atoms with Gasteiger partial charge in [0.2, 0.25) is 0 Å². The summed E-state index contributed by atoms with van der Waals surface area (Å²) in [4.78, 5) is 12.4. The maximum absolute atomic E-state index is 11.6. The molecule has 0 aliphatic heterocycles. The van der Waals surface area contributed by atoms with Crippen molar-refractivity contribution in [1.82, 2.24) is 5.32 Å². The molecule has 0 bridgehead atoms. The Kier molecular flexibility index (Phi) is 4.14. The fourth-order valence-corrected chi connectivity index (χ4v) is 2.00. The molecule has 1 amide bonds. The van der Waals surface area contributed by atoms with Gasteiger partial charge in [-0.1, -0.05) is 13.8 Å². The SMILES string of the molecule is Cc1ccsc1C(=O)NCCC(C)C. The van der Waals surface area contributed by atoms with Crippen molar-refractivity contribution in [2.24, 2.45) is 5.92 Å². The van der Waals surface area contributed by atoms with Crippen molar-refractivity contribution in [3.63, 3.8) is 0 Å². The lowest BCUT2D eigenvalue weighted by molar-refractivity contribution is 0.0955. The van der Waals surface area contributed by atoms with Crippen LogP contribution in [0.5, 0.6) is 0 Å². The molecule has 78 valence electrons. The van der Waals surface area contributed by atoms with Gasteiger partial charge in [0.15, 0.2) is 0 Å². The lowest BCUT2D eigenvalue weighted by Gasteiger charge is -2.06. The van der Waals surface area contributed by atoms with E-state index in [1.54, 1.807) is 0 Å². The summed E-state index contributed by atoms with van der Waals surface area (Å²) < 4.78 is 0. The summed E-state index contributed by atoms with van der Waals surface area (Å²) in [6.45, 7) is 7.05. The Labute approximate surface area is 89.3 Å². The average Bonchev–Trinajstić information content (AvgIpc) is 2.50. The molecule has 0 radical (unpaired) electrons. The zero-order valence-electron chi connectivity index (χ0n) is 8.96. The monoisotopic (exact) mass is 211 g/mol. The highest BCUT2D eigenvalue weighted by molar-refractivity contribution is 7.12. The first-order valence-electron chi connectivity index (χ1n) is 4.93. The first-order chi connectivity index (χ1) is 6.61. The molecule has 1 aromatic heterocycles. The molecule has 1 N–H and O–H groups in total. The first-order valence-corrected chi connectivity index (χ1v) is 5.81. The van der Waals surface area contributed by atoms with Gasteiger partial charge in [-0.25, -0.2) is 0 Å². The van der Waals surface area contributed by atoms with Crippen LogP contribution in [0.4, 0.5) is 0 Å². The number of nitrogens with one attached hydrogen (secondary N) is 1. The lowest BCUT2D eigenvalue weighted by atomic mass is 10.1. The average molecular weight is 211 g/mol. The molecule has 2 nitrogen and oxygen atoms in total. The minimum atomic E-state index is 0.0677. The topological polar surface area (TPSA) is 29.1 Å². The summed E-state index contributed by atoms with van der Waals surface area (Å²) in [6, 6.07) is 1.97. The second kappa shape index (κ2) is 5.15. The Hall–Kier alpha value is -0.830. The Morgan fingerprint density at radius 3 is 2.79 bits per heavy atom. The van der Waals surface area contributed by atoms with Gasteiger partial charge < -0.3 is 5.32 Å². The van der Waals surface area contributed by atoms with Crippen molar-refractivity contribution >= 4 is 17.2 Å². The van der Waals surface area contributed by atoms with Gasteiger partial charge in [0.05, 0.1) is 4.88 Å². The summed E-state index contributed by atoms with van der Waals surface area (Å²) in [5, 5.41) is 4.88. The molecule has 1 aromatic rings. The van der Waals surface area contributed by atoms with E-state index in [4.69, 9.17) is 0 Å². The second-order valence-corrected chi connectivity index (χ2v) is 4.79. The number of thiophene rings is 1. The Balaban J connectivity index is 2.40. The van der Waals surface area contributed by atoms with Gasteiger partial charge in [-0.3, -0.25) is 4.79 Å². The van der Waals surface area contributed by atoms with Crippen LogP contribution in [0, 0.1) is 12.8 Å². The van der Waals surface area contributed by atoms with Crippen LogP contribution >= 0.6 is 11.3 Å². The van der Waals surface area contributed by atoms with E-state index in [1.807, 2.05) is 18.4 Å². The molecule has 0 unspecified atom stereocenters. The Morgan fingerprint density at radius 2 is 2.29 bits per heavy atom. The summed E-state index contributed by atoms with van der Waals surface area (Å²) in [6.07, 6.45) is 1.04. The highest BCUT2D eigenvalue weighted by Crippen LogP contribution is 2.14. The van der Waals surface area contributed by atoms with E-state index in [1.165, 1.54) is 11.3 Å². The zero-order chi connectivity index (χ0) is 10.6. The summed E-state index contributed by atoms with van der Waals surface area (Å²) in [5.41, 5.74) is 1.07. The van der Waals surface area contributed by atoms with Gasteiger partial charge >= 0.3 is 0 Å².